The fraction of sp³-hybridized carbons (Fsp3) is 0.500. The lowest BCUT2D eigenvalue weighted by Crippen LogP contribution is -2.56. The van der Waals surface area contributed by atoms with Crippen molar-refractivity contribution in [3.63, 3.8) is 0 Å². The summed E-state index contributed by atoms with van der Waals surface area (Å²) in [7, 11) is 1.55. The number of aliphatic carboxylic acids is 1. The molecule has 0 radical (unpaired) electrons. The number of alkyl carbamates (subject to hydrolysis) is 1. The van der Waals surface area contributed by atoms with Crippen molar-refractivity contribution in [2.75, 3.05) is 19.0 Å². The zero-order valence-corrected chi connectivity index (χ0v) is 31.8. The third-order valence-corrected chi connectivity index (χ3v) is 10.4. The number of nitrogens with zero attached hydrogens (tertiary/aromatic N) is 3. The number of pyridine rings is 1. The fourth-order valence-electron chi connectivity index (χ4n) is 6.91. The summed E-state index contributed by atoms with van der Waals surface area (Å²) in [5.41, 5.74) is -0.793. The minimum absolute atomic E-state index is 0.0223. The molecule has 15 nitrogen and oxygen atoms in total. The topological polar surface area (TPSA) is 198 Å². The summed E-state index contributed by atoms with van der Waals surface area (Å²) >= 11 is 1.24. The van der Waals surface area contributed by atoms with Crippen molar-refractivity contribution < 1.29 is 43.3 Å². The van der Waals surface area contributed by atoms with Gasteiger partial charge in [0.25, 0.3) is 0 Å². The maximum Gasteiger partial charge on any atom is 0.408 e. The van der Waals surface area contributed by atoms with Crippen LogP contribution in [-0.4, -0.2) is 92.7 Å². The molecule has 6 rings (SSSR count). The van der Waals surface area contributed by atoms with E-state index in [0.717, 1.165) is 19.3 Å². The van der Waals surface area contributed by atoms with E-state index >= 15 is 0 Å². The Hall–Kier alpha value is -5.25. The largest absolute Gasteiger partial charge is 0.497 e. The van der Waals surface area contributed by atoms with E-state index in [1.165, 1.54) is 23.2 Å². The molecule has 16 heteroatoms. The van der Waals surface area contributed by atoms with Gasteiger partial charge in [-0.1, -0.05) is 25.0 Å². The monoisotopic (exact) mass is 762 g/mol. The van der Waals surface area contributed by atoms with E-state index in [-0.39, 0.29) is 31.2 Å². The van der Waals surface area contributed by atoms with Crippen molar-refractivity contribution in [2.24, 2.45) is 5.92 Å². The van der Waals surface area contributed by atoms with Crippen LogP contribution >= 0.6 is 11.3 Å². The number of nitrogens with one attached hydrogen (secondary N) is 3. The SMILES string of the molecule is COc1ccc2c(O[C@@H]3C[C@H]4C(=O)N[C@]5(C(=O)O)C[C@H]5/C=C\CCCCC[C@@H](NC(=O)OC(C)(C)C)C(=O)N4C3)cc(-c3csc(NC(C)=O)n3)nc2c1. The molecule has 3 aliphatic rings. The number of hydrogen-bond acceptors (Lipinski definition) is 11. The summed E-state index contributed by atoms with van der Waals surface area (Å²) in [4.78, 5) is 76.4. The lowest BCUT2D eigenvalue weighted by Gasteiger charge is -2.30. The zero-order valence-electron chi connectivity index (χ0n) is 31.0. The average Bonchev–Trinajstić information content (AvgIpc) is 3.38. The Bertz CT molecular complexity index is 1980. The van der Waals surface area contributed by atoms with Gasteiger partial charge in [0.2, 0.25) is 17.7 Å². The van der Waals surface area contributed by atoms with E-state index in [1.54, 1.807) is 57.5 Å². The summed E-state index contributed by atoms with van der Waals surface area (Å²) in [6, 6.07) is 4.94. The molecule has 288 valence electrons. The Morgan fingerprint density at radius 2 is 1.89 bits per heavy atom. The van der Waals surface area contributed by atoms with Crippen molar-refractivity contribution >= 4 is 57.2 Å². The highest BCUT2D eigenvalue weighted by atomic mass is 32.1. The first kappa shape index (κ1) is 38.5. The number of allylic oxidation sites excluding steroid dienone is 1. The molecule has 2 aromatic heterocycles. The third-order valence-electron chi connectivity index (χ3n) is 9.63. The molecule has 2 fully saturated rings. The lowest BCUT2D eigenvalue weighted by atomic mass is 10.0. The molecule has 1 saturated carbocycles. The number of thiazole rings is 1. The summed E-state index contributed by atoms with van der Waals surface area (Å²) in [6.07, 6.45) is 5.88. The Balaban J connectivity index is 1.34. The van der Waals surface area contributed by atoms with Gasteiger partial charge < -0.3 is 40.2 Å². The Kier molecular flexibility index (Phi) is 11.1. The molecular formula is C38H46N6O9S. The van der Waals surface area contributed by atoms with Crippen LogP contribution < -0.4 is 25.4 Å². The number of amides is 4. The number of hydrogen-bond donors (Lipinski definition) is 4. The fourth-order valence-corrected chi connectivity index (χ4v) is 7.66. The number of fused-ring (bicyclic) bond motifs is 3. The number of carboxylic acid groups (broad SMARTS) is 1. The average molecular weight is 763 g/mol. The number of ether oxygens (including phenoxy) is 3. The number of carboxylic acids is 1. The van der Waals surface area contributed by atoms with Crippen LogP contribution in [0.2, 0.25) is 0 Å². The van der Waals surface area contributed by atoms with E-state index in [0.29, 0.717) is 51.8 Å². The highest BCUT2D eigenvalue weighted by Crippen LogP contribution is 2.45. The molecule has 54 heavy (non-hydrogen) atoms. The predicted octanol–water partition coefficient (Wildman–Crippen LogP) is 5.05. The molecule has 4 heterocycles. The second-order valence-corrected chi connectivity index (χ2v) is 15.8. The molecule has 2 aliphatic heterocycles. The third kappa shape index (κ3) is 8.75. The number of benzene rings is 1. The van der Waals surface area contributed by atoms with E-state index in [4.69, 9.17) is 19.2 Å². The van der Waals surface area contributed by atoms with E-state index in [1.807, 2.05) is 12.2 Å². The van der Waals surface area contributed by atoms with Crippen LogP contribution in [0.25, 0.3) is 22.3 Å². The molecule has 4 N–H and O–H groups in total. The summed E-state index contributed by atoms with van der Waals surface area (Å²) < 4.78 is 17.6. The van der Waals surface area contributed by atoms with Gasteiger partial charge >= 0.3 is 12.1 Å². The smallest absolute Gasteiger partial charge is 0.408 e. The highest BCUT2D eigenvalue weighted by molar-refractivity contribution is 7.14. The van der Waals surface area contributed by atoms with Gasteiger partial charge in [-0.2, -0.15) is 0 Å². The van der Waals surface area contributed by atoms with Crippen LogP contribution in [0.3, 0.4) is 0 Å². The van der Waals surface area contributed by atoms with Gasteiger partial charge in [-0.15, -0.1) is 11.3 Å². The van der Waals surface area contributed by atoms with Gasteiger partial charge in [0.15, 0.2) is 5.13 Å². The minimum atomic E-state index is -1.48. The standard InChI is InChI=1S/C38H46N6O9S/c1-21(45)39-35-41-29(20-54-35)28-17-31(25-14-13-23(51-5)15-27(25)40-28)52-24-16-30-32(46)43-38(34(48)49)18-22(38)11-9-7-6-8-10-12-26(33(47)44(30)19-24)42-36(50)53-37(2,3)4/h9,11,13-15,17,20,22,24,26,30H,6-8,10,12,16,18-19H2,1-5H3,(H,42,50)(H,43,46)(H,48,49)(H,39,41,45)/b11-9-/t22-,24-,26-,30+,38-/m1/s1. The normalized spacial score (nSPS) is 25.2. The predicted molar refractivity (Wildman–Crippen MR) is 200 cm³/mol. The molecule has 1 saturated heterocycles. The Morgan fingerprint density at radius 1 is 1.09 bits per heavy atom. The molecule has 3 aromatic rings. The molecule has 5 atom stereocenters. The van der Waals surface area contributed by atoms with Crippen LogP contribution in [-0.2, 0) is 23.9 Å². The van der Waals surface area contributed by atoms with Crippen LogP contribution in [0.4, 0.5) is 9.93 Å². The Labute approximate surface area is 316 Å². The molecule has 1 aromatic carbocycles. The maximum atomic E-state index is 14.4. The number of carbonyl (C=O) groups excluding carboxylic acids is 4. The minimum Gasteiger partial charge on any atom is -0.497 e. The summed E-state index contributed by atoms with van der Waals surface area (Å²) in [5, 5.41) is 21.2. The first-order valence-electron chi connectivity index (χ1n) is 18.1. The van der Waals surface area contributed by atoms with Gasteiger partial charge in [0.1, 0.15) is 46.5 Å². The second kappa shape index (κ2) is 15.6. The number of rotatable bonds is 7. The van der Waals surface area contributed by atoms with Crippen LogP contribution in [0, 0.1) is 5.92 Å². The summed E-state index contributed by atoms with van der Waals surface area (Å²) in [6.45, 7) is 6.55. The van der Waals surface area contributed by atoms with Crippen molar-refractivity contribution in [1.82, 2.24) is 25.5 Å². The number of carbonyl (C=O) groups is 5. The molecule has 0 spiro atoms. The number of anilines is 1. The van der Waals surface area contributed by atoms with Gasteiger partial charge in [-0.25, -0.2) is 19.6 Å². The van der Waals surface area contributed by atoms with Crippen LogP contribution in [0.5, 0.6) is 11.5 Å². The Morgan fingerprint density at radius 3 is 2.61 bits per heavy atom. The molecule has 0 unspecified atom stereocenters. The molecule has 0 bridgehead atoms. The van der Waals surface area contributed by atoms with Gasteiger partial charge in [-0.3, -0.25) is 14.4 Å². The molecular weight excluding hydrogens is 717 g/mol. The lowest BCUT2D eigenvalue weighted by molar-refractivity contribution is -0.145. The number of aromatic nitrogens is 2. The van der Waals surface area contributed by atoms with Crippen molar-refractivity contribution in [2.45, 2.75) is 102 Å². The van der Waals surface area contributed by atoms with Crippen molar-refractivity contribution in [3.05, 3.63) is 41.8 Å². The summed E-state index contributed by atoms with van der Waals surface area (Å²) in [5.74, 6) is -1.91. The van der Waals surface area contributed by atoms with E-state index in [9.17, 15) is 29.1 Å². The molecule has 1 aliphatic carbocycles. The maximum absolute atomic E-state index is 14.4. The van der Waals surface area contributed by atoms with Gasteiger partial charge in [0, 0.05) is 42.2 Å². The quantitative estimate of drug-likeness (QED) is 0.235. The number of methoxy groups -OCH3 is 1. The molecule has 4 amide bonds. The zero-order chi connectivity index (χ0) is 38.8. The van der Waals surface area contributed by atoms with Crippen LogP contribution in [0.1, 0.15) is 72.6 Å². The van der Waals surface area contributed by atoms with Crippen molar-refractivity contribution in [1.29, 1.82) is 0 Å². The van der Waals surface area contributed by atoms with Gasteiger partial charge in [-0.05, 0) is 58.6 Å². The second-order valence-electron chi connectivity index (χ2n) is 14.9. The first-order valence-corrected chi connectivity index (χ1v) is 18.9. The van der Waals surface area contributed by atoms with E-state index < -0.39 is 53.2 Å². The highest BCUT2D eigenvalue weighted by Gasteiger charge is 2.61. The van der Waals surface area contributed by atoms with E-state index in [2.05, 4.69) is 20.9 Å². The van der Waals surface area contributed by atoms with Crippen LogP contribution in [0.15, 0.2) is 41.8 Å². The van der Waals surface area contributed by atoms with Crippen molar-refractivity contribution in [3.8, 4) is 22.9 Å². The first-order chi connectivity index (χ1) is 25.7. The van der Waals surface area contributed by atoms with Gasteiger partial charge in [0.05, 0.1) is 24.9 Å².